The molecule has 1 aromatic rings. The van der Waals surface area contributed by atoms with E-state index in [1.54, 1.807) is 0 Å². The van der Waals surface area contributed by atoms with Crippen LogP contribution in [0, 0.1) is 0 Å². The molecule has 0 spiro atoms. The summed E-state index contributed by atoms with van der Waals surface area (Å²) < 4.78 is 0. The van der Waals surface area contributed by atoms with Gasteiger partial charge in [0.05, 0.1) is 0 Å². The second kappa shape index (κ2) is 4.91. The Morgan fingerprint density at radius 3 is 2.50 bits per heavy atom. The molecule has 2 heteroatoms. The average Bonchev–Trinajstić information content (AvgIpc) is 2.15. The molecule has 1 aromatic carbocycles. The molecule has 0 saturated carbocycles. The molecule has 0 heterocycles. The highest BCUT2D eigenvalue weighted by atomic mass is 16.2. The molecule has 0 amide bonds. The van der Waals surface area contributed by atoms with Crippen LogP contribution in [-0.4, -0.2) is 11.7 Å². The van der Waals surface area contributed by atoms with Gasteiger partial charge in [-0.1, -0.05) is 30.3 Å². The fourth-order valence-corrected chi connectivity index (χ4v) is 1.18. The summed E-state index contributed by atoms with van der Waals surface area (Å²) in [6, 6.07) is 10.0. The summed E-state index contributed by atoms with van der Waals surface area (Å²) in [6.07, 6.45) is 1.62. The lowest BCUT2D eigenvalue weighted by molar-refractivity contribution is 0.280. The second-order valence-corrected chi connectivity index (χ2v) is 2.88. The van der Waals surface area contributed by atoms with E-state index in [2.05, 4.69) is 0 Å². The van der Waals surface area contributed by atoms with Crippen molar-refractivity contribution in [1.29, 1.82) is 0 Å². The molecule has 0 aliphatic rings. The van der Waals surface area contributed by atoms with Gasteiger partial charge in [0, 0.05) is 12.6 Å². The van der Waals surface area contributed by atoms with E-state index in [1.165, 1.54) is 0 Å². The van der Waals surface area contributed by atoms with Gasteiger partial charge in [0.25, 0.3) is 0 Å². The van der Waals surface area contributed by atoms with Crippen LogP contribution in [0.25, 0.3) is 0 Å². The summed E-state index contributed by atoms with van der Waals surface area (Å²) in [5, 5.41) is 8.61. The fourth-order valence-electron chi connectivity index (χ4n) is 1.18. The van der Waals surface area contributed by atoms with Gasteiger partial charge in [0.1, 0.15) is 0 Å². The molecule has 2 nitrogen and oxygen atoms in total. The van der Waals surface area contributed by atoms with Crippen LogP contribution in [0.4, 0.5) is 0 Å². The molecular weight excluding hydrogens is 150 g/mol. The Bertz CT molecular complexity index is 210. The van der Waals surface area contributed by atoms with Gasteiger partial charge in [-0.05, 0) is 18.4 Å². The lowest BCUT2D eigenvalue weighted by atomic mass is 10.0. The quantitative estimate of drug-likeness (QED) is 0.709. The molecule has 0 bridgehead atoms. The van der Waals surface area contributed by atoms with Crippen molar-refractivity contribution in [2.24, 2.45) is 5.73 Å². The fraction of sp³-hybridized carbons (Fsp3) is 0.400. The number of aliphatic hydroxyl groups excluding tert-OH is 1. The van der Waals surface area contributed by atoms with Gasteiger partial charge in [-0.2, -0.15) is 0 Å². The Kier molecular flexibility index (Phi) is 3.77. The molecule has 1 rings (SSSR count). The molecule has 0 aliphatic heterocycles. The van der Waals surface area contributed by atoms with E-state index in [1.807, 2.05) is 30.3 Å². The number of rotatable bonds is 4. The normalized spacial score (nSPS) is 12.8. The number of aliphatic hydroxyl groups is 1. The van der Waals surface area contributed by atoms with Crippen LogP contribution in [0.15, 0.2) is 30.3 Å². The number of hydrogen-bond donors (Lipinski definition) is 2. The maximum absolute atomic E-state index is 8.61. The Balaban J connectivity index is 2.48. The van der Waals surface area contributed by atoms with Gasteiger partial charge in [-0.15, -0.1) is 0 Å². The van der Waals surface area contributed by atoms with Crippen molar-refractivity contribution in [1.82, 2.24) is 0 Å². The van der Waals surface area contributed by atoms with Crippen molar-refractivity contribution in [2.45, 2.75) is 18.9 Å². The highest BCUT2D eigenvalue weighted by Crippen LogP contribution is 2.14. The molecule has 0 aromatic heterocycles. The van der Waals surface area contributed by atoms with Crippen LogP contribution in [0.3, 0.4) is 0 Å². The lowest BCUT2D eigenvalue weighted by Crippen LogP contribution is -2.10. The summed E-state index contributed by atoms with van der Waals surface area (Å²) in [4.78, 5) is 0. The highest BCUT2D eigenvalue weighted by Gasteiger charge is 2.03. The average molecular weight is 165 g/mol. The third-order valence-electron chi connectivity index (χ3n) is 1.90. The van der Waals surface area contributed by atoms with Crippen LogP contribution in [-0.2, 0) is 0 Å². The summed E-state index contributed by atoms with van der Waals surface area (Å²) in [5.74, 6) is 0. The zero-order valence-corrected chi connectivity index (χ0v) is 7.11. The topological polar surface area (TPSA) is 46.2 Å². The first kappa shape index (κ1) is 9.23. The molecule has 1 atom stereocenters. The number of benzene rings is 1. The number of nitrogens with two attached hydrogens (primary N) is 1. The summed E-state index contributed by atoms with van der Waals surface area (Å²) in [5.41, 5.74) is 7.01. The Morgan fingerprint density at radius 2 is 1.92 bits per heavy atom. The first-order valence-corrected chi connectivity index (χ1v) is 4.26. The maximum atomic E-state index is 8.61. The third kappa shape index (κ3) is 2.64. The molecular formula is C10H15NO. The minimum absolute atomic E-state index is 0.0679. The van der Waals surface area contributed by atoms with Crippen LogP contribution in [0.1, 0.15) is 24.4 Å². The van der Waals surface area contributed by atoms with Crippen molar-refractivity contribution < 1.29 is 5.11 Å². The maximum Gasteiger partial charge on any atom is 0.0431 e. The van der Waals surface area contributed by atoms with Crippen LogP contribution < -0.4 is 5.73 Å². The predicted molar refractivity (Wildman–Crippen MR) is 49.7 cm³/mol. The van der Waals surface area contributed by atoms with Gasteiger partial charge in [-0.25, -0.2) is 0 Å². The highest BCUT2D eigenvalue weighted by molar-refractivity contribution is 5.18. The Labute approximate surface area is 73.0 Å². The van der Waals surface area contributed by atoms with Crippen LogP contribution >= 0.6 is 0 Å². The van der Waals surface area contributed by atoms with Crippen LogP contribution in [0.5, 0.6) is 0 Å². The van der Waals surface area contributed by atoms with Crippen molar-refractivity contribution in [3.8, 4) is 0 Å². The largest absolute Gasteiger partial charge is 0.396 e. The second-order valence-electron chi connectivity index (χ2n) is 2.88. The molecule has 1 unspecified atom stereocenters. The van der Waals surface area contributed by atoms with E-state index in [0.717, 1.165) is 18.4 Å². The number of hydrogen-bond acceptors (Lipinski definition) is 2. The summed E-state index contributed by atoms with van der Waals surface area (Å²) in [6.45, 7) is 0.223. The molecule has 3 N–H and O–H groups in total. The molecule has 0 fully saturated rings. The third-order valence-corrected chi connectivity index (χ3v) is 1.90. The Hall–Kier alpha value is -0.860. The zero-order chi connectivity index (χ0) is 8.81. The van der Waals surface area contributed by atoms with Gasteiger partial charge < -0.3 is 10.8 Å². The standard InChI is InChI=1S/C10H15NO/c11-10(7-4-8-12)9-5-2-1-3-6-9/h1-3,5-6,10,12H,4,7-8,11H2. The monoisotopic (exact) mass is 165 g/mol. The molecule has 66 valence electrons. The predicted octanol–water partition coefficient (Wildman–Crippen LogP) is 1.46. The van der Waals surface area contributed by atoms with E-state index in [0.29, 0.717) is 0 Å². The van der Waals surface area contributed by atoms with Gasteiger partial charge in [-0.3, -0.25) is 0 Å². The molecule has 12 heavy (non-hydrogen) atoms. The van der Waals surface area contributed by atoms with Crippen molar-refractivity contribution in [3.63, 3.8) is 0 Å². The summed E-state index contributed by atoms with van der Waals surface area (Å²) in [7, 11) is 0. The van der Waals surface area contributed by atoms with E-state index < -0.39 is 0 Å². The Morgan fingerprint density at radius 1 is 1.25 bits per heavy atom. The first-order chi connectivity index (χ1) is 5.84. The van der Waals surface area contributed by atoms with Crippen molar-refractivity contribution in [3.05, 3.63) is 35.9 Å². The minimum atomic E-state index is 0.0679. The zero-order valence-electron chi connectivity index (χ0n) is 7.11. The molecule has 0 aliphatic carbocycles. The SMILES string of the molecule is NC(CCCO)c1ccccc1. The van der Waals surface area contributed by atoms with E-state index in [4.69, 9.17) is 10.8 Å². The lowest BCUT2D eigenvalue weighted by Gasteiger charge is -2.10. The van der Waals surface area contributed by atoms with Gasteiger partial charge in [0.15, 0.2) is 0 Å². The minimum Gasteiger partial charge on any atom is -0.396 e. The smallest absolute Gasteiger partial charge is 0.0431 e. The van der Waals surface area contributed by atoms with Gasteiger partial charge >= 0.3 is 0 Å². The van der Waals surface area contributed by atoms with Gasteiger partial charge in [0.2, 0.25) is 0 Å². The van der Waals surface area contributed by atoms with E-state index in [-0.39, 0.29) is 12.6 Å². The van der Waals surface area contributed by atoms with Crippen molar-refractivity contribution >= 4 is 0 Å². The van der Waals surface area contributed by atoms with Crippen LogP contribution in [0.2, 0.25) is 0 Å². The molecule has 0 saturated heterocycles. The van der Waals surface area contributed by atoms with E-state index in [9.17, 15) is 0 Å². The molecule has 0 radical (unpaired) electrons. The first-order valence-electron chi connectivity index (χ1n) is 4.26. The summed E-state index contributed by atoms with van der Waals surface area (Å²) >= 11 is 0. The van der Waals surface area contributed by atoms with E-state index >= 15 is 0 Å². The van der Waals surface area contributed by atoms with Crippen molar-refractivity contribution in [2.75, 3.05) is 6.61 Å².